The lowest BCUT2D eigenvalue weighted by Crippen LogP contribution is -2.49. The summed E-state index contributed by atoms with van der Waals surface area (Å²) in [4.78, 5) is 29.6. The Morgan fingerprint density at radius 1 is 0.897 bits per heavy atom. The highest BCUT2D eigenvalue weighted by Crippen LogP contribution is 2.29. The maximum absolute atomic E-state index is 11.5. The molecule has 0 radical (unpaired) electrons. The van der Waals surface area contributed by atoms with Crippen molar-refractivity contribution in [3.05, 3.63) is 36.5 Å². The minimum atomic E-state index is 0.140. The van der Waals surface area contributed by atoms with Gasteiger partial charge in [0.15, 0.2) is 0 Å². The van der Waals surface area contributed by atoms with E-state index in [-0.39, 0.29) is 5.91 Å². The number of nitrogens with zero attached hydrogens (tertiary/aromatic N) is 6. The molecule has 1 amide bonds. The van der Waals surface area contributed by atoms with Crippen LogP contribution < -0.4 is 19.4 Å². The van der Waals surface area contributed by atoms with E-state index in [1.54, 1.807) is 14.0 Å². The molecular formula is C21H28N6O2. The van der Waals surface area contributed by atoms with Gasteiger partial charge in [0.1, 0.15) is 11.6 Å². The number of ether oxygens (including phenoxy) is 1. The first-order valence-electron chi connectivity index (χ1n) is 10.1. The van der Waals surface area contributed by atoms with Crippen LogP contribution in [0.5, 0.6) is 5.75 Å². The Balaban J connectivity index is 1.39. The van der Waals surface area contributed by atoms with E-state index >= 15 is 0 Å². The van der Waals surface area contributed by atoms with Crippen LogP contribution >= 0.6 is 0 Å². The van der Waals surface area contributed by atoms with Gasteiger partial charge in [0.25, 0.3) is 0 Å². The third-order valence-electron chi connectivity index (χ3n) is 5.67. The van der Waals surface area contributed by atoms with E-state index in [0.29, 0.717) is 0 Å². The van der Waals surface area contributed by atoms with Crippen molar-refractivity contribution >= 4 is 23.4 Å². The first kappa shape index (κ1) is 19.3. The van der Waals surface area contributed by atoms with Gasteiger partial charge in [-0.05, 0) is 18.2 Å². The average molecular weight is 396 g/mol. The summed E-state index contributed by atoms with van der Waals surface area (Å²) in [6, 6.07) is 10.1. The Kier molecular flexibility index (Phi) is 5.69. The van der Waals surface area contributed by atoms with E-state index in [2.05, 4.69) is 25.8 Å². The number of piperazine rings is 2. The van der Waals surface area contributed by atoms with Gasteiger partial charge < -0.3 is 24.3 Å². The fraction of sp³-hybridized carbons (Fsp3) is 0.476. The maximum Gasteiger partial charge on any atom is 0.227 e. The van der Waals surface area contributed by atoms with E-state index in [1.165, 1.54) is 0 Å². The second-order valence-electron chi connectivity index (χ2n) is 7.35. The van der Waals surface area contributed by atoms with Gasteiger partial charge in [0.2, 0.25) is 11.9 Å². The van der Waals surface area contributed by atoms with E-state index in [9.17, 15) is 4.79 Å². The van der Waals surface area contributed by atoms with Gasteiger partial charge in [0.05, 0.1) is 12.8 Å². The number of anilines is 3. The predicted molar refractivity (Wildman–Crippen MR) is 114 cm³/mol. The van der Waals surface area contributed by atoms with Crippen molar-refractivity contribution in [1.82, 2.24) is 14.9 Å². The Bertz CT molecular complexity index is 845. The molecule has 0 unspecified atom stereocenters. The number of carbonyl (C=O) groups excluding carboxylic acids is 1. The molecule has 0 N–H and O–H groups in total. The fourth-order valence-corrected chi connectivity index (χ4v) is 3.96. The van der Waals surface area contributed by atoms with Crippen molar-refractivity contribution in [3.63, 3.8) is 0 Å². The molecular weight excluding hydrogens is 368 g/mol. The molecule has 0 saturated carbocycles. The number of hydrogen-bond acceptors (Lipinski definition) is 7. The molecule has 2 fully saturated rings. The second-order valence-corrected chi connectivity index (χ2v) is 7.35. The highest BCUT2D eigenvalue weighted by molar-refractivity contribution is 5.73. The summed E-state index contributed by atoms with van der Waals surface area (Å²) in [5, 5.41) is 0. The molecule has 2 aliphatic rings. The zero-order valence-electron chi connectivity index (χ0n) is 17.1. The van der Waals surface area contributed by atoms with Gasteiger partial charge in [-0.1, -0.05) is 12.1 Å². The zero-order chi connectivity index (χ0) is 20.2. The van der Waals surface area contributed by atoms with Crippen LogP contribution in [0.2, 0.25) is 0 Å². The number of aromatic nitrogens is 2. The summed E-state index contributed by atoms with van der Waals surface area (Å²) >= 11 is 0. The largest absolute Gasteiger partial charge is 0.495 e. The van der Waals surface area contributed by atoms with Gasteiger partial charge in [0, 0.05) is 65.5 Å². The summed E-state index contributed by atoms with van der Waals surface area (Å²) in [6.45, 7) is 8.23. The number of benzene rings is 1. The monoisotopic (exact) mass is 396 g/mol. The topological polar surface area (TPSA) is 65.0 Å². The van der Waals surface area contributed by atoms with Gasteiger partial charge in [-0.25, -0.2) is 4.98 Å². The molecule has 0 atom stereocenters. The molecule has 8 heteroatoms. The summed E-state index contributed by atoms with van der Waals surface area (Å²) in [5.41, 5.74) is 1.13. The van der Waals surface area contributed by atoms with Crippen LogP contribution in [0.25, 0.3) is 0 Å². The number of carbonyl (C=O) groups is 1. The van der Waals surface area contributed by atoms with Gasteiger partial charge >= 0.3 is 0 Å². The van der Waals surface area contributed by atoms with Crippen LogP contribution in [0.3, 0.4) is 0 Å². The molecule has 154 valence electrons. The Labute approximate surface area is 171 Å². The molecule has 1 aromatic heterocycles. The van der Waals surface area contributed by atoms with E-state index in [1.807, 2.05) is 35.4 Å². The van der Waals surface area contributed by atoms with E-state index < -0.39 is 0 Å². The van der Waals surface area contributed by atoms with Crippen LogP contribution in [-0.4, -0.2) is 80.2 Å². The molecule has 0 bridgehead atoms. The fourth-order valence-electron chi connectivity index (χ4n) is 3.96. The summed E-state index contributed by atoms with van der Waals surface area (Å²) < 4.78 is 5.51. The molecule has 0 spiro atoms. The van der Waals surface area contributed by atoms with Crippen molar-refractivity contribution in [1.29, 1.82) is 0 Å². The highest BCUT2D eigenvalue weighted by Gasteiger charge is 2.23. The molecule has 8 nitrogen and oxygen atoms in total. The summed E-state index contributed by atoms with van der Waals surface area (Å²) in [6.07, 6.45) is 1.83. The lowest BCUT2D eigenvalue weighted by molar-refractivity contribution is -0.129. The minimum Gasteiger partial charge on any atom is -0.495 e. The van der Waals surface area contributed by atoms with Crippen LogP contribution in [0.4, 0.5) is 17.5 Å². The van der Waals surface area contributed by atoms with E-state index in [4.69, 9.17) is 9.72 Å². The number of hydrogen-bond donors (Lipinski definition) is 0. The van der Waals surface area contributed by atoms with Gasteiger partial charge in [-0.15, -0.1) is 0 Å². The van der Waals surface area contributed by atoms with Crippen molar-refractivity contribution in [2.75, 3.05) is 74.2 Å². The maximum atomic E-state index is 11.5. The van der Waals surface area contributed by atoms with Crippen molar-refractivity contribution in [3.8, 4) is 5.75 Å². The lowest BCUT2D eigenvalue weighted by atomic mass is 10.2. The normalized spacial score (nSPS) is 17.4. The number of rotatable bonds is 4. The van der Waals surface area contributed by atoms with E-state index in [0.717, 1.165) is 75.6 Å². The van der Waals surface area contributed by atoms with Crippen molar-refractivity contribution in [2.45, 2.75) is 6.92 Å². The number of para-hydroxylation sites is 2. The molecule has 0 aliphatic carbocycles. The predicted octanol–water partition coefficient (Wildman–Crippen LogP) is 1.48. The Morgan fingerprint density at radius 2 is 1.55 bits per heavy atom. The highest BCUT2D eigenvalue weighted by atomic mass is 16.5. The van der Waals surface area contributed by atoms with Gasteiger partial charge in [-0.3, -0.25) is 4.79 Å². The van der Waals surface area contributed by atoms with Crippen LogP contribution in [0.1, 0.15) is 6.92 Å². The standard InChI is InChI=1S/C21H28N6O2/c1-17(28)24-9-13-26(14-10-24)20-7-8-22-21(23-20)27-15-11-25(12-16-27)18-5-3-4-6-19(18)29-2/h3-8H,9-16H2,1-2H3. The minimum absolute atomic E-state index is 0.140. The third-order valence-corrected chi connectivity index (χ3v) is 5.67. The van der Waals surface area contributed by atoms with Gasteiger partial charge in [-0.2, -0.15) is 4.98 Å². The lowest BCUT2D eigenvalue weighted by Gasteiger charge is -2.37. The molecule has 2 saturated heterocycles. The SMILES string of the molecule is COc1ccccc1N1CCN(c2nccc(N3CCN(C(C)=O)CC3)n2)CC1. The smallest absolute Gasteiger partial charge is 0.227 e. The molecule has 2 aromatic rings. The summed E-state index contributed by atoms with van der Waals surface area (Å²) in [7, 11) is 1.71. The quantitative estimate of drug-likeness (QED) is 0.776. The van der Waals surface area contributed by atoms with Crippen molar-refractivity contribution < 1.29 is 9.53 Å². The first-order chi connectivity index (χ1) is 14.2. The Morgan fingerprint density at radius 3 is 2.24 bits per heavy atom. The average Bonchev–Trinajstić information content (AvgIpc) is 2.79. The van der Waals surface area contributed by atoms with Crippen molar-refractivity contribution in [2.24, 2.45) is 0 Å². The number of methoxy groups -OCH3 is 1. The zero-order valence-corrected chi connectivity index (χ0v) is 17.1. The molecule has 4 rings (SSSR count). The Hall–Kier alpha value is -3.03. The summed E-state index contributed by atoms with van der Waals surface area (Å²) in [5.74, 6) is 2.76. The van der Waals surface area contributed by atoms with Crippen LogP contribution in [0, 0.1) is 0 Å². The van der Waals surface area contributed by atoms with Crippen LogP contribution in [-0.2, 0) is 4.79 Å². The molecule has 3 heterocycles. The number of amides is 1. The molecule has 1 aromatic carbocycles. The molecule has 29 heavy (non-hydrogen) atoms. The van der Waals surface area contributed by atoms with Crippen LogP contribution in [0.15, 0.2) is 36.5 Å². The molecule has 2 aliphatic heterocycles. The third kappa shape index (κ3) is 4.21. The second kappa shape index (κ2) is 8.55. The first-order valence-corrected chi connectivity index (χ1v) is 10.1.